The van der Waals surface area contributed by atoms with E-state index in [2.05, 4.69) is 4.98 Å². The van der Waals surface area contributed by atoms with Gasteiger partial charge in [-0.3, -0.25) is 14.9 Å². The first-order valence-corrected chi connectivity index (χ1v) is 9.33. The molecule has 2 aromatic carbocycles. The Bertz CT molecular complexity index is 1190. The van der Waals surface area contributed by atoms with E-state index >= 15 is 0 Å². The lowest BCUT2D eigenvalue weighted by atomic mass is 10.1. The van der Waals surface area contributed by atoms with Crippen LogP contribution in [0.4, 0.5) is 5.69 Å². The van der Waals surface area contributed by atoms with E-state index in [4.69, 9.17) is 0 Å². The molecule has 1 N–H and O–H groups in total. The third-order valence-electron chi connectivity index (χ3n) is 5.01. The predicted molar refractivity (Wildman–Crippen MR) is 110 cm³/mol. The van der Waals surface area contributed by atoms with Crippen molar-refractivity contribution in [3.05, 3.63) is 106 Å². The normalized spacial score (nSPS) is 10.9. The van der Waals surface area contributed by atoms with Gasteiger partial charge in [-0.25, -0.2) is 0 Å². The van der Waals surface area contributed by atoms with Crippen molar-refractivity contribution < 1.29 is 14.3 Å². The molecule has 0 aliphatic carbocycles. The van der Waals surface area contributed by atoms with Gasteiger partial charge in [-0.15, -0.1) is 0 Å². The Labute approximate surface area is 167 Å². The van der Waals surface area contributed by atoms with Gasteiger partial charge < -0.3 is 4.98 Å². The second-order valence-corrected chi connectivity index (χ2v) is 7.07. The molecule has 0 saturated carbocycles. The maximum absolute atomic E-state index is 12.9. The fourth-order valence-corrected chi connectivity index (χ4v) is 3.56. The Morgan fingerprint density at radius 1 is 1.00 bits per heavy atom. The molecule has 0 bridgehead atoms. The van der Waals surface area contributed by atoms with Crippen molar-refractivity contribution in [3.8, 4) is 0 Å². The number of ketones is 1. The number of fused-ring (bicyclic) bond motifs is 1. The number of Topliss-reactive ketones (excluding diaryl/α,β-unsaturated/α-hetero) is 1. The number of pyridine rings is 1. The number of nitro groups is 1. The summed E-state index contributed by atoms with van der Waals surface area (Å²) in [5.74, 6) is 0.0630. The van der Waals surface area contributed by atoms with Gasteiger partial charge in [0.25, 0.3) is 5.69 Å². The molecular weight excluding hydrogens is 366 g/mol. The highest BCUT2D eigenvalue weighted by Gasteiger charge is 2.19. The smallest absolute Gasteiger partial charge is 0.269 e. The van der Waals surface area contributed by atoms with E-state index in [1.54, 1.807) is 12.1 Å². The number of H-pyrrole nitrogens is 1. The average molecular weight is 386 g/mol. The molecule has 0 unspecified atom stereocenters. The Morgan fingerprint density at radius 2 is 1.66 bits per heavy atom. The second kappa shape index (κ2) is 7.67. The van der Waals surface area contributed by atoms with E-state index in [9.17, 15) is 14.9 Å². The largest absolute Gasteiger partial charge is 0.358 e. The molecule has 144 valence electrons. The van der Waals surface area contributed by atoms with E-state index in [-0.39, 0.29) is 18.0 Å². The fraction of sp³-hybridized carbons (Fsp3) is 0.130. The molecule has 0 amide bonds. The van der Waals surface area contributed by atoms with E-state index in [0.29, 0.717) is 6.42 Å². The molecule has 0 fully saturated rings. The number of nitrogens with zero attached hydrogens (tertiary/aromatic N) is 2. The summed E-state index contributed by atoms with van der Waals surface area (Å²) >= 11 is 0. The lowest BCUT2D eigenvalue weighted by molar-refractivity contribution is -0.683. The Hall–Kier alpha value is -3.80. The number of para-hydroxylation sites is 1. The van der Waals surface area contributed by atoms with Gasteiger partial charge in [0.05, 0.1) is 10.5 Å². The van der Waals surface area contributed by atoms with Crippen LogP contribution in [0.2, 0.25) is 0 Å². The summed E-state index contributed by atoms with van der Waals surface area (Å²) in [7, 11) is 0. The average Bonchev–Trinajstić information content (AvgIpc) is 3.05. The molecule has 2 heterocycles. The second-order valence-electron chi connectivity index (χ2n) is 7.07. The maximum atomic E-state index is 12.9. The van der Waals surface area contributed by atoms with Crippen LogP contribution in [0.5, 0.6) is 0 Å². The summed E-state index contributed by atoms with van der Waals surface area (Å²) < 4.78 is 1.86. The minimum absolute atomic E-state index is 0.0630. The Kier molecular flexibility index (Phi) is 4.91. The number of hydrogen-bond donors (Lipinski definition) is 1. The summed E-state index contributed by atoms with van der Waals surface area (Å²) in [6.07, 6.45) is 4.46. The molecule has 0 radical (unpaired) electrons. The van der Waals surface area contributed by atoms with E-state index < -0.39 is 4.92 Å². The van der Waals surface area contributed by atoms with Crippen molar-refractivity contribution in [3.63, 3.8) is 0 Å². The van der Waals surface area contributed by atoms with Crippen LogP contribution in [0, 0.1) is 17.0 Å². The van der Waals surface area contributed by atoms with Crippen molar-refractivity contribution in [2.75, 3.05) is 0 Å². The van der Waals surface area contributed by atoms with Gasteiger partial charge in [0, 0.05) is 40.9 Å². The van der Waals surface area contributed by atoms with E-state index in [1.807, 2.05) is 60.3 Å². The molecular formula is C23H20N3O3+. The fourth-order valence-electron chi connectivity index (χ4n) is 3.56. The number of benzene rings is 2. The van der Waals surface area contributed by atoms with Gasteiger partial charge in [-0.1, -0.05) is 30.3 Å². The minimum Gasteiger partial charge on any atom is -0.358 e. The van der Waals surface area contributed by atoms with Crippen LogP contribution in [-0.2, 0) is 13.0 Å². The number of aryl methyl sites for hydroxylation is 1. The summed E-state index contributed by atoms with van der Waals surface area (Å²) in [6.45, 7) is 2.19. The predicted octanol–water partition coefficient (Wildman–Crippen LogP) is 4.15. The number of carbonyl (C=O) groups excluding carboxylic acids is 1. The number of carbonyl (C=O) groups is 1. The maximum Gasteiger partial charge on any atom is 0.269 e. The number of nitrogens with one attached hydrogen (secondary N) is 1. The first-order chi connectivity index (χ1) is 14.0. The standard InChI is InChI=1S/C23H19N3O3/c1-16-23(20-4-2-3-5-21(20)24-16)22(27)15-25-12-10-18(11-13-25)14-17-6-8-19(9-7-17)26(28)29/h2-13H,14-15H2,1H3/p+1. The van der Waals surface area contributed by atoms with Gasteiger partial charge in [-0.05, 0) is 30.5 Å². The first-order valence-electron chi connectivity index (χ1n) is 9.33. The quantitative estimate of drug-likeness (QED) is 0.234. The molecule has 4 rings (SSSR count). The van der Waals surface area contributed by atoms with Crippen molar-refractivity contribution in [2.24, 2.45) is 0 Å². The topological polar surface area (TPSA) is 79.9 Å². The number of non-ortho nitro benzene ring substituents is 1. The highest BCUT2D eigenvalue weighted by atomic mass is 16.6. The summed E-state index contributed by atoms with van der Waals surface area (Å²) in [5.41, 5.74) is 4.75. The van der Waals surface area contributed by atoms with Crippen LogP contribution in [0.15, 0.2) is 73.1 Å². The van der Waals surface area contributed by atoms with E-state index in [0.717, 1.165) is 33.3 Å². The zero-order chi connectivity index (χ0) is 20.4. The first kappa shape index (κ1) is 18.6. The number of aromatic amines is 1. The zero-order valence-corrected chi connectivity index (χ0v) is 16.0. The zero-order valence-electron chi connectivity index (χ0n) is 16.0. The molecule has 0 spiro atoms. The molecule has 6 heteroatoms. The molecule has 4 aromatic rings. The summed E-state index contributed by atoms with van der Waals surface area (Å²) in [5, 5.41) is 11.7. The number of nitro benzene ring substituents is 1. The molecule has 6 nitrogen and oxygen atoms in total. The van der Waals surface area contributed by atoms with Crippen molar-refractivity contribution in [1.82, 2.24) is 4.98 Å². The number of aromatic nitrogens is 2. The molecule has 29 heavy (non-hydrogen) atoms. The van der Waals surface area contributed by atoms with Gasteiger partial charge >= 0.3 is 0 Å². The summed E-state index contributed by atoms with van der Waals surface area (Å²) in [4.78, 5) is 26.5. The third-order valence-corrected chi connectivity index (χ3v) is 5.01. The van der Waals surface area contributed by atoms with Crippen LogP contribution < -0.4 is 4.57 Å². The van der Waals surface area contributed by atoms with Gasteiger partial charge in [-0.2, -0.15) is 4.57 Å². The minimum atomic E-state index is -0.401. The molecule has 0 aliphatic heterocycles. The van der Waals surface area contributed by atoms with Crippen molar-refractivity contribution >= 4 is 22.4 Å². The molecule has 2 aromatic heterocycles. The van der Waals surface area contributed by atoms with Crippen LogP contribution in [0.25, 0.3) is 10.9 Å². The number of rotatable bonds is 6. The van der Waals surface area contributed by atoms with Crippen LogP contribution >= 0.6 is 0 Å². The van der Waals surface area contributed by atoms with Crippen LogP contribution in [0.1, 0.15) is 27.2 Å². The van der Waals surface area contributed by atoms with E-state index in [1.165, 1.54) is 12.1 Å². The Morgan fingerprint density at radius 3 is 2.34 bits per heavy atom. The van der Waals surface area contributed by atoms with Gasteiger partial charge in [0.2, 0.25) is 12.3 Å². The van der Waals surface area contributed by atoms with Gasteiger partial charge in [0.1, 0.15) is 0 Å². The lowest BCUT2D eigenvalue weighted by Gasteiger charge is -2.02. The molecule has 0 aliphatic rings. The highest BCUT2D eigenvalue weighted by molar-refractivity contribution is 6.08. The highest BCUT2D eigenvalue weighted by Crippen LogP contribution is 2.22. The van der Waals surface area contributed by atoms with Crippen LogP contribution in [0.3, 0.4) is 0 Å². The third kappa shape index (κ3) is 3.91. The number of hydrogen-bond acceptors (Lipinski definition) is 3. The van der Waals surface area contributed by atoms with Crippen molar-refractivity contribution in [1.29, 1.82) is 0 Å². The Balaban J connectivity index is 1.47. The van der Waals surface area contributed by atoms with Gasteiger partial charge in [0.15, 0.2) is 12.4 Å². The van der Waals surface area contributed by atoms with Crippen LogP contribution in [-0.4, -0.2) is 15.7 Å². The summed E-state index contributed by atoms with van der Waals surface area (Å²) in [6, 6.07) is 18.3. The molecule has 0 saturated heterocycles. The monoisotopic (exact) mass is 386 g/mol. The van der Waals surface area contributed by atoms with Crippen molar-refractivity contribution in [2.45, 2.75) is 19.9 Å². The molecule has 0 atom stereocenters. The SMILES string of the molecule is Cc1[nH]c2ccccc2c1C(=O)C[n+]1ccc(Cc2ccc([N+](=O)[O-])cc2)cc1. The lowest BCUT2D eigenvalue weighted by Crippen LogP contribution is -2.37.